The van der Waals surface area contributed by atoms with Gasteiger partial charge in [0.05, 0.1) is 6.61 Å². The number of esters is 3. The van der Waals surface area contributed by atoms with Gasteiger partial charge < -0.3 is 39.0 Å². The van der Waals surface area contributed by atoms with Crippen LogP contribution in [0.5, 0.6) is 0 Å². The molecule has 1 rings (SSSR count). The fraction of sp³-hybridized carbons (Fsp3) is 0.810. The molecule has 0 aliphatic carbocycles. The fourth-order valence-electron chi connectivity index (χ4n) is 9.20. The molecule has 0 radical (unpaired) electrons. The summed E-state index contributed by atoms with van der Waals surface area (Å²) in [5.74, 6) is -3.15. The molecule has 434 valence electrons. The summed E-state index contributed by atoms with van der Waals surface area (Å²) in [6.07, 6.45) is 49.4. The molecule has 0 bridgehead atoms. The summed E-state index contributed by atoms with van der Waals surface area (Å²) in [7, 11) is 0. The van der Waals surface area contributed by atoms with Crippen molar-refractivity contribution in [1.82, 2.24) is 0 Å². The van der Waals surface area contributed by atoms with Crippen LogP contribution in [0.4, 0.5) is 0 Å². The molecule has 12 nitrogen and oxygen atoms in total. The van der Waals surface area contributed by atoms with Crippen molar-refractivity contribution in [3.05, 3.63) is 48.6 Å². The second kappa shape index (κ2) is 51.4. The number of allylic oxidation sites excluding steroid dienone is 8. The minimum atomic E-state index is -1.91. The lowest BCUT2D eigenvalue weighted by Crippen LogP contribution is -2.61. The molecule has 1 heterocycles. The normalized spacial score (nSPS) is 18.4. The van der Waals surface area contributed by atoms with Gasteiger partial charge in [0.1, 0.15) is 18.8 Å². The molecule has 0 spiro atoms. The molecule has 75 heavy (non-hydrogen) atoms. The van der Waals surface area contributed by atoms with Gasteiger partial charge in [0.25, 0.3) is 0 Å². The largest absolute Gasteiger partial charge is 0.479 e. The number of unbranched alkanes of at least 4 members (excludes halogenated alkanes) is 30. The van der Waals surface area contributed by atoms with Gasteiger partial charge in [0.15, 0.2) is 24.6 Å². The maximum atomic E-state index is 13.1. The van der Waals surface area contributed by atoms with E-state index in [1.165, 1.54) is 116 Å². The number of rotatable bonds is 52. The monoisotopic (exact) mass is 1060 g/mol. The first kappa shape index (κ1) is 69.7. The molecule has 6 unspecified atom stereocenters. The first-order valence-electron chi connectivity index (χ1n) is 30.6. The highest BCUT2D eigenvalue weighted by atomic mass is 16.7. The van der Waals surface area contributed by atoms with Crippen LogP contribution in [-0.4, -0.2) is 89.2 Å². The van der Waals surface area contributed by atoms with Crippen LogP contribution in [0.2, 0.25) is 0 Å². The molecule has 1 aliphatic rings. The minimum absolute atomic E-state index is 0.0609. The van der Waals surface area contributed by atoms with Crippen molar-refractivity contribution in [3.8, 4) is 0 Å². The Bertz CT molecular complexity index is 1490. The molecular weight excluding hydrogens is 949 g/mol. The number of ether oxygens (including phenoxy) is 5. The maximum absolute atomic E-state index is 13.1. The van der Waals surface area contributed by atoms with Crippen LogP contribution in [0.3, 0.4) is 0 Å². The van der Waals surface area contributed by atoms with E-state index in [4.69, 9.17) is 23.7 Å². The zero-order valence-electron chi connectivity index (χ0n) is 47.8. The third kappa shape index (κ3) is 41.5. The fourth-order valence-corrected chi connectivity index (χ4v) is 9.20. The van der Waals surface area contributed by atoms with Crippen molar-refractivity contribution in [2.45, 2.75) is 314 Å². The zero-order valence-corrected chi connectivity index (χ0v) is 47.8. The summed E-state index contributed by atoms with van der Waals surface area (Å²) >= 11 is 0. The van der Waals surface area contributed by atoms with Crippen LogP contribution in [-0.2, 0) is 42.9 Å². The van der Waals surface area contributed by atoms with Crippen molar-refractivity contribution in [2.24, 2.45) is 0 Å². The van der Waals surface area contributed by atoms with E-state index in [0.29, 0.717) is 19.3 Å². The maximum Gasteiger partial charge on any atom is 0.335 e. The number of aliphatic hydroxyl groups is 2. The molecular formula is C63H110O12. The van der Waals surface area contributed by atoms with Gasteiger partial charge in [-0.3, -0.25) is 14.4 Å². The molecule has 0 aromatic carbocycles. The number of aliphatic hydroxyl groups excluding tert-OH is 2. The summed E-state index contributed by atoms with van der Waals surface area (Å²) in [4.78, 5) is 51.1. The van der Waals surface area contributed by atoms with Crippen molar-refractivity contribution < 1.29 is 58.2 Å². The number of aliphatic carboxylic acids is 1. The molecule has 0 aromatic heterocycles. The average Bonchev–Trinajstić information content (AvgIpc) is 3.39. The SMILES string of the molecule is CC/C=C\C/C=C\C/C=C\CCCCCC(=O)OCC(COC1OC(C(=O)O)C(O)C(O)C1OC(=O)CCCCCCCCCCCCCCCCCCCCC)OC(=O)CCCCCCC/C=C\CCCCCC. The number of hydrogen-bond acceptors (Lipinski definition) is 11. The van der Waals surface area contributed by atoms with Gasteiger partial charge >= 0.3 is 23.9 Å². The molecule has 3 N–H and O–H groups in total. The summed E-state index contributed by atoms with van der Waals surface area (Å²) in [6, 6.07) is 0. The van der Waals surface area contributed by atoms with Crippen molar-refractivity contribution in [3.63, 3.8) is 0 Å². The first-order chi connectivity index (χ1) is 36.6. The smallest absolute Gasteiger partial charge is 0.335 e. The van der Waals surface area contributed by atoms with E-state index in [0.717, 1.165) is 103 Å². The predicted octanol–water partition coefficient (Wildman–Crippen LogP) is 15.8. The van der Waals surface area contributed by atoms with E-state index in [-0.39, 0.29) is 25.9 Å². The number of carbonyl (C=O) groups excluding carboxylic acids is 3. The highest BCUT2D eigenvalue weighted by Gasteiger charge is 2.50. The molecule has 1 fully saturated rings. The Hall–Kier alpha value is -3.32. The molecule has 6 atom stereocenters. The lowest BCUT2D eigenvalue weighted by Gasteiger charge is -2.40. The first-order valence-corrected chi connectivity index (χ1v) is 30.6. The topological polar surface area (TPSA) is 175 Å². The molecule has 0 aromatic rings. The van der Waals surface area contributed by atoms with E-state index in [9.17, 15) is 34.5 Å². The van der Waals surface area contributed by atoms with Gasteiger partial charge in [-0.1, -0.05) is 230 Å². The van der Waals surface area contributed by atoms with E-state index in [1.807, 2.05) is 0 Å². The van der Waals surface area contributed by atoms with Gasteiger partial charge in [-0.15, -0.1) is 0 Å². The van der Waals surface area contributed by atoms with Gasteiger partial charge in [-0.05, 0) is 77.0 Å². The van der Waals surface area contributed by atoms with Crippen molar-refractivity contribution in [1.29, 1.82) is 0 Å². The molecule has 1 saturated heterocycles. The average molecular weight is 1060 g/mol. The second-order valence-electron chi connectivity index (χ2n) is 21.0. The highest BCUT2D eigenvalue weighted by molar-refractivity contribution is 5.74. The quantitative estimate of drug-likeness (QED) is 0.0228. The van der Waals surface area contributed by atoms with Gasteiger partial charge in [0.2, 0.25) is 0 Å². The third-order valence-electron chi connectivity index (χ3n) is 13.9. The number of hydrogen-bond donors (Lipinski definition) is 3. The van der Waals surface area contributed by atoms with E-state index >= 15 is 0 Å². The van der Waals surface area contributed by atoms with Crippen LogP contribution in [0.15, 0.2) is 48.6 Å². The lowest BCUT2D eigenvalue weighted by molar-refractivity contribution is -0.301. The van der Waals surface area contributed by atoms with Crippen molar-refractivity contribution >= 4 is 23.9 Å². The van der Waals surface area contributed by atoms with Crippen LogP contribution in [0.25, 0.3) is 0 Å². The summed E-state index contributed by atoms with van der Waals surface area (Å²) in [5, 5.41) is 31.5. The summed E-state index contributed by atoms with van der Waals surface area (Å²) in [5.41, 5.74) is 0. The van der Waals surface area contributed by atoms with Gasteiger partial charge in [-0.2, -0.15) is 0 Å². The highest BCUT2D eigenvalue weighted by Crippen LogP contribution is 2.27. The van der Waals surface area contributed by atoms with E-state index in [2.05, 4.69) is 69.4 Å². The van der Waals surface area contributed by atoms with Crippen LogP contribution in [0.1, 0.15) is 278 Å². The minimum Gasteiger partial charge on any atom is -0.479 e. The molecule has 0 amide bonds. The van der Waals surface area contributed by atoms with Gasteiger partial charge in [-0.25, -0.2) is 4.79 Å². The number of carboxylic acids is 1. The zero-order chi connectivity index (χ0) is 54.7. The van der Waals surface area contributed by atoms with Crippen LogP contribution < -0.4 is 0 Å². The number of carboxylic acid groups (broad SMARTS) is 1. The second-order valence-corrected chi connectivity index (χ2v) is 21.0. The Morgan fingerprint density at radius 3 is 1.32 bits per heavy atom. The summed E-state index contributed by atoms with van der Waals surface area (Å²) < 4.78 is 28.4. The Labute approximate surface area is 456 Å². The molecule has 1 aliphatic heterocycles. The molecule has 12 heteroatoms. The predicted molar refractivity (Wildman–Crippen MR) is 303 cm³/mol. The van der Waals surface area contributed by atoms with E-state index < -0.39 is 67.3 Å². The molecule has 0 saturated carbocycles. The standard InChI is InChI=1S/C63H110O12/c1-4-7-10-13-16-19-22-25-26-27-28-29-30-33-36-39-42-45-48-51-57(66)74-61-59(68)58(67)60(62(69)70)75-63(61)72-53-54(73-56(65)50-47-44-41-38-35-32-24-21-18-15-12-9-6-3)52-71-55(64)49-46-43-40-37-34-31-23-20-17-14-11-8-5-2/h8,11,17,20-21,24,31,34,54,58-61,63,67-68H,4-7,9-10,12-16,18-19,22-23,25-30,32-33,35-53H2,1-3H3,(H,69,70)/b11-8-,20-17-,24-21-,34-31-. The Kier molecular flexibility index (Phi) is 47.8. The Balaban J connectivity index is 2.66. The van der Waals surface area contributed by atoms with Gasteiger partial charge in [0, 0.05) is 19.3 Å². The van der Waals surface area contributed by atoms with E-state index in [1.54, 1.807) is 0 Å². The van der Waals surface area contributed by atoms with Crippen LogP contribution in [0, 0.1) is 0 Å². The summed E-state index contributed by atoms with van der Waals surface area (Å²) in [6.45, 7) is 5.85. The third-order valence-corrected chi connectivity index (χ3v) is 13.9. The Morgan fingerprint density at radius 2 is 0.840 bits per heavy atom. The van der Waals surface area contributed by atoms with Crippen molar-refractivity contribution in [2.75, 3.05) is 13.2 Å². The van der Waals surface area contributed by atoms with Crippen LogP contribution >= 0.6 is 0 Å². The number of carbonyl (C=O) groups is 4. The lowest BCUT2D eigenvalue weighted by atomic mass is 9.98. The Morgan fingerprint density at radius 1 is 0.453 bits per heavy atom.